The highest BCUT2D eigenvalue weighted by molar-refractivity contribution is 5.93. The molecule has 7 heteroatoms. The quantitative estimate of drug-likeness (QED) is 0.760. The van der Waals surface area contributed by atoms with Crippen LogP contribution in [-0.2, 0) is 4.79 Å². The summed E-state index contributed by atoms with van der Waals surface area (Å²) < 4.78 is 0. The lowest BCUT2D eigenvalue weighted by molar-refractivity contribution is -0.116. The first-order valence-electron chi connectivity index (χ1n) is 7.67. The third-order valence-corrected chi connectivity index (χ3v) is 4.10. The number of benzene rings is 1. The zero-order valence-electron chi connectivity index (χ0n) is 13.2. The standard InChI is InChI=1S/C16H22N4O.2ClH/c1-10(17)5-8-15(21)18-12-6-7-13-14(9-12)20-16(19-13)11-3-2-4-11;;/h6-7,9-11H,2-5,8,17H2,1H3,(H,18,21)(H,19,20);2*1H. The molecule has 1 saturated carbocycles. The molecule has 1 amide bonds. The van der Waals surface area contributed by atoms with Crippen molar-refractivity contribution >= 4 is 47.4 Å². The minimum Gasteiger partial charge on any atom is -0.342 e. The monoisotopic (exact) mass is 358 g/mol. The predicted molar refractivity (Wildman–Crippen MR) is 98.7 cm³/mol. The summed E-state index contributed by atoms with van der Waals surface area (Å²) in [6.45, 7) is 1.91. The van der Waals surface area contributed by atoms with E-state index in [1.54, 1.807) is 0 Å². The molecular formula is C16H24Cl2N4O. The largest absolute Gasteiger partial charge is 0.342 e. The van der Waals surface area contributed by atoms with E-state index in [2.05, 4.69) is 15.3 Å². The predicted octanol–water partition coefficient (Wildman–Crippen LogP) is 3.74. The maximum atomic E-state index is 11.8. The van der Waals surface area contributed by atoms with Gasteiger partial charge >= 0.3 is 0 Å². The van der Waals surface area contributed by atoms with Gasteiger partial charge in [-0.3, -0.25) is 4.79 Å². The number of aromatic nitrogens is 2. The van der Waals surface area contributed by atoms with Crippen LogP contribution in [0.25, 0.3) is 11.0 Å². The lowest BCUT2D eigenvalue weighted by Gasteiger charge is -2.22. The van der Waals surface area contributed by atoms with Gasteiger partial charge in [-0.2, -0.15) is 0 Å². The Labute approximate surface area is 148 Å². The van der Waals surface area contributed by atoms with Crippen molar-refractivity contribution in [2.75, 3.05) is 5.32 Å². The molecule has 1 atom stereocenters. The van der Waals surface area contributed by atoms with E-state index in [4.69, 9.17) is 5.73 Å². The van der Waals surface area contributed by atoms with Gasteiger partial charge in [-0.25, -0.2) is 4.98 Å². The number of amides is 1. The lowest BCUT2D eigenvalue weighted by Crippen LogP contribution is -2.19. The summed E-state index contributed by atoms with van der Waals surface area (Å²) >= 11 is 0. The molecule has 1 aromatic carbocycles. The van der Waals surface area contributed by atoms with Gasteiger partial charge in [0.15, 0.2) is 0 Å². The van der Waals surface area contributed by atoms with Gasteiger partial charge in [0.25, 0.3) is 0 Å². The van der Waals surface area contributed by atoms with Crippen LogP contribution in [0.5, 0.6) is 0 Å². The average molecular weight is 359 g/mol. The number of anilines is 1. The highest BCUT2D eigenvalue weighted by Crippen LogP contribution is 2.35. The molecule has 2 aromatic rings. The molecule has 1 aromatic heterocycles. The molecule has 1 unspecified atom stereocenters. The smallest absolute Gasteiger partial charge is 0.224 e. The van der Waals surface area contributed by atoms with Gasteiger partial charge in [-0.05, 0) is 44.4 Å². The van der Waals surface area contributed by atoms with Crippen molar-refractivity contribution in [2.45, 2.75) is 51.0 Å². The number of aromatic amines is 1. The Morgan fingerprint density at radius 2 is 2.17 bits per heavy atom. The number of halogens is 2. The maximum Gasteiger partial charge on any atom is 0.224 e. The minimum atomic E-state index is 0. The SMILES string of the molecule is CC(N)CCC(=O)Nc1ccc2nc(C3CCC3)[nH]c2c1.Cl.Cl. The average Bonchev–Trinajstić information content (AvgIpc) is 2.76. The molecule has 4 N–H and O–H groups in total. The number of carbonyl (C=O) groups is 1. The van der Waals surface area contributed by atoms with Crippen LogP contribution in [0.4, 0.5) is 5.69 Å². The Balaban J connectivity index is 0.00000132. The molecule has 5 nitrogen and oxygen atoms in total. The number of hydrogen-bond acceptors (Lipinski definition) is 3. The van der Waals surface area contributed by atoms with Crippen molar-refractivity contribution in [3.63, 3.8) is 0 Å². The van der Waals surface area contributed by atoms with Crippen molar-refractivity contribution in [3.8, 4) is 0 Å². The summed E-state index contributed by atoms with van der Waals surface area (Å²) in [5.41, 5.74) is 8.42. The molecule has 23 heavy (non-hydrogen) atoms. The number of hydrogen-bond donors (Lipinski definition) is 3. The molecular weight excluding hydrogens is 335 g/mol. The van der Waals surface area contributed by atoms with Crippen molar-refractivity contribution in [2.24, 2.45) is 5.73 Å². The molecule has 0 aliphatic heterocycles. The van der Waals surface area contributed by atoms with Crippen LogP contribution in [0, 0.1) is 0 Å². The van der Waals surface area contributed by atoms with E-state index in [0.717, 1.165) is 22.5 Å². The number of carbonyl (C=O) groups excluding carboxylic acids is 1. The van der Waals surface area contributed by atoms with E-state index in [1.807, 2.05) is 25.1 Å². The first-order chi connectivity index (χ1) is 10.1. The zero-order valence-corrected chi connectivity index (χ0v) is 14.8. The minimum absolute atomic E-state index is 0. The van der Waals surface area contributed by atoms with Gasteiger partial charge in [-0.1, -0.05) is 6.42 Å². The second kappa shape index (κ2) is 8.52. The number of H-pyrrole nitrogens is 1. The fraction of sp³-hybridized carbons (Fsp3) is 0.500. The third-order valence-electron chi connectivity index (χ3n) is 4.10. The van der Waals surface area contributed by atoms with Gasteiger partial charge in [0.2, 0.25) is 5.91 Å². The van der Waals surface area contributed by atoms with E-state index in [-0.39, 0.29) is 36.8 Å². The van der Waals surface area contributed by atoms with E-state index in [1.165, 1.54) is 19.3 Å². The molecule has 1 aliphatic carbocycles. The highest BCUT2D eigenvalue weighted by Gasteiger charge is 2.22. The molecule has 3 rings (SSSR count). The fourth-order valence-corrected chi connectivity index (χ4v) is 2.56. The van der Waals surface area contributed by atoms with Crippen molar-refractivity contribution in [1.29, 1.82) is 0 Å². The van der Waals surface area contributed by atoms with Crippen molar-refractivity contribution < 1.29 is 4.79 Å². The van der Waals surface area contributed by atoms with Crippen LogP contribution in [0.1, 0.15) is 50.8 Å². The number of rotatable bonds is 5. The van der Waals surface area contributed by atoms with Crippen LogP contribution in [-0.4, -0.2) is 21.9 Å². The van der Waals surface area contributed by atoms with Crippen molar-refractivity contribution in [3.05, 3.63) is 24.0 Å². The van der Waals surface area contributed by atoms with Gasteiger partial charge in [0.1, 0.15) is 5.82 Å². The van der Waals surface area contributed by atoms with Crippen molar-refractivity contribution in [1.82, 2.24) is 9.97 Å². The number of imidazole rings is 1. The summed E-state index contributed by atoms with van der Waals surface area (Å²) in [5, 5.41) is 2.91. The lowest BCUT2D eigenvalue weighted by atomic mass is 9.85. The Bertz CT molecular complexity index is 653. The summed E-state index contributed by atoms with van der Waals surface area (Å²) in [5.74, 6) is 1.67. The first-order valence-corrected chi connectivity index (χ1v) is 7.67. The summed E-state index contributed by atoms with van der Waals surface area (Å²) in [6, 6.07) is 5.86. The van der Waals surface area contributed by atoms with Gasteiger partial charge < -0.3 is 16.0 Å². The number of nitrogens with zero attached hydrogens (tertiary/aromatic N) is 1. The van der Waals surface area contributed by atoms with Crippen LogP contribution >= 0.6 is 24.8 Å². The molecule has 1 aliphatic rings. The Hall–Kier alpha value is -1.30. The third kappa shape index (κ3) is 4.83. The molecule has 128 valence electrons. The van der Waals surface area contributed by atoms with E-state index >= 15 is 0 Å². The van der Waals surface area contributed by atoms with Crippen LogP contribution < -0.4 is 11.1 Å². The molecule has 1 heterocycles. The molecule has 0 radical (unpaired) electrons. The topological polar surface area (TPSA) is 83.8 Å². The second-order valence-corrected chi connectivity index (χ2v) is 6.05. The number of nitrogens with two attached hydrogens (primary N) is 1. The Morgan fingerprint density at radius 1 is 1.43 bits per heavy atom. The Morgan fingerprint density at radius 3 is 2.78 bits per heavy atom. The Kier molecular flexibility index (Phi) is 7.32. The number of fused-ring (bicyclic) bond motifs is 1. The highest BCUT2D eigenvalue weighted by atomic mass is 35.5. The molecule has 0 bridgehead atoms. The molecule has 0 spiro atoms. The fourth-order valence-electron chi connectivity index (χ4n) is 2.56. The summed E-state index contributed by atoms with van der Waals surface area (Å²) in [6.07, 6.45) is 4.89. The summed E-state index contributed by atoms with van der Waals surface area (Å²) in [7, 11) is 0. The van der Waals surface area contributed by atoms with E-state index < -0.39 is 0 Å². The van der Waals surface area contributed by atoms with Crippen LogP contribution in [0.15, 0.2) is 18.2 Å². The van der Waals surface area contributed by atoms with Gasteiger partial charge in [-0.15, -0.1) is 24.8 Å². The zero-order chi connectivity index (χ0) is 14.8. The van der Waals surface area contributed by atoms with Crippen LogP contribution in [0.3, 0.4) is 0 Å². The van der Waals surface area contributed by atoms with E-state index in [9.17, 15) is 4.79 Å². The number of nitrogens with one attached hydrogen (secondary N) is 2. The summed E-state index contributed by atoms with van der Waals surface area (Å²) in [4.78, 5) is 19.8. The normalized spacial score (nSPS) is 15.2. The van der Waals surface area contributed by atoms with Crippen LogP contribution in [0.2, 0.25) is 0 Å². The molecule has 0 saturated heterocycles. The maximum absolute atomic E-state index is 11.8. The second-order valence-electron chi connectivity index (χ2n) is 6.05. The van der Waals surface area contributed by atoms with Gasteiger partial charge in [0, 0.05) is 24.1 Å². The van der Waals surface area contributed by atoms with Gasteiger partial charge in [0.05, 0.1) is 11.0 Å². The first kappa shape index (κ1) is 19.7. The van der Waals surface area contributed by atoms with E-state index in [0.29, 0.717) is 18.8 Å². The molecule has 1 fully saturated rings.